The van der Waals surface area contributed by atoms with E-state index < -0.39 is 0 Å². The lowest BCUT2D eigenvalue weighted by Gasteiger charge is -2.31. The highest BCUT2D eigenvalue weighted by Crippen LogP contribution is 2.42. The Hall–Kier alpha value is -0.760. The van der Waals surface area contributed by atoms with Crippen molar-refractivity contribution in [2.45, 2.75) is 41.7 Å². The van der Waals surface area contributed by atoms with E-state index in [1.807, 2.05) is 18.2 Å². The number of carbonyl (C=O) groups excluding carboxylic acids is 1. The molecular weight excluding hydrogens is 204 g/mol. The first-order chi connectivity index (χ1) is 7.35. The monoisotopic (exact) mass is 220 g/mol. The first-order valence-electron chi connectivity index (χ1n) is 5.55. The molecule has 0 aliphatic heterocycles. The van der Waals surface area contributed by atoms with Crippen molar-refractivity contribution in [3.63, 3.8) is 0 Å². The molecule has 1 saturated carbocycles. The summed E-state index contributed by atoms with van der Waals surface area (Å²) in [5.41, 5.74) is 0. The van der Waals surface area contributed by atoms with Crippen LogP contribution in [0, 0.1) is 0 Å². The van der Waals surface area contributed by atoms with E-state index in [4.69, 9.17) is 0 Å². The normalized spacial score (nSPS) is 19.7. The Kier molecular flexibility index (Phi) is 3.47. The van der Waals surface area contributed by atoms with Crippen molar-refractivity contribution in [1.29, 1.82) is 0 Å². The van der Waals surface area contributed by atoms with Crippen LogP contribution >= 0.6 is 11.8 Å². The molecule has 0 unspecified atom stereocenters. The maximum absolute atomic E-state index is 11.3. The molecule has 1 nitrogen and oxygen atoms in total. The SMILES string of the molecule is O=CC1(Sc2ccccc2)CCCCC1. The van der Waals surface area contributed by atoms with Crippen LogP contribution in [0.2, 0.25) is 0 Å². The smallest absolute Gasteiger partial charge is 0.136 e. The third-order valence-corrected chi connectivity index (χ3v) is 4.40. The zero-order valence-corrected chi connectivity index (χ0v) is 9.63. The molecule has 1 aliphatic carbocycles. The predicted octanol–water partition coefficient (Wildman–Crippen LogP) is 3.68. The lowest BCUT2D eigenvalue weighted by atomic mass is 9.89. The van der Waals surface area contributed by atoms with Crippen LogP contribution < -0.4 is 0 Å². The molecule has 80 valence electrons. The van der Waals surface area contributed by atoms with E-state index in [1.54, 1.807) is 11.8 Å². The van der Waals surface area contributed by atoms with Gasteiger partial charge in [-0.2, -0.15) is 0 Å². The topological polar surface area (TPSA) is 17.1 Å². The van der Waals surface area contributed by atoms with Gasteiger partial charge in [-0.1, -0.05) is 37.5 Å². The molecule has 0 N–H and O–H groups in total. The van der Waals surface area contributed by atoms with Gasteiger partial charge in [0.2, 0.25) is 0 Å². The van der Waals surface area contributed by atoms with E-state index in [2.05, 4.69) is 12.1 Å². The Morgan fingerprint density at radius 1 is 1.07 bits per heavy atom. The summed E-state index contributed by atoms with van der Waals surface area (Å²) in [6.45, 7) is 0. The van der Waals surface area contributed by atoms with Gasteiger partial charge >= 0.3 is 0 Å². The second-order valence-electron chi connectivity index (χ2n) is 4.16. The molecule has 2 heteroatoms. The Morgan fingerprint density at radius 2 is 1.73 bits per heavy atom. The van der Waals surface area contributed by atoms with E-state index in [9.17, 15) is 4.79 Å². The summed E-state index contributed by atoms with van der Waals surface area (Å²) in [6.07, 6.45) is 6.91. The highest BCUT2D eigenvalue weighted by molar-refractivity contribution is 8.01. The van der Waals surface area contributed by atoms with Crippen LogP contribution in [0.3, 0.4) is 0 Å². The predicted molar refractivity (Wildman–Crippen MR) is 64.2 cm³/mol. The number of thioether (sulfide) groups is 1. The molecule has 0 radical (unpaired) electrons. The van der Waals surface area contributed by atoms with Gasteiger partial charge in [0.05, 0.1) is 4.75 Å². The van der Waals surface area contributed by atoms with Crippen molar-refractivity contribution in [3.8, 4) is 0 Å². The summed E-state index contributed by atoms with van der Waals surface area (Å²) in [5, 5.41) is 0. The molecule has 0 aromatic heterocycles. The summed E-state index contributed by atoms with van der Waals surface area (Å²) in [7, 11) is 0. The molecule has 1 aromatic rings. The summed E-state index contributed by atoms with van der Waals surface area (Å²) in [6, 6.07) is 10.3. The molecule has 0 bridgehead atoms. The van der Waals surface area contributed by atoms with Crippen LogP contribution in [-0.2, 0) is 4.79 Å². The zero-order chi connectivity index (χ0) is 10.6. The maximum Gasteiger partial charge on any atom is 0.136 e. The third kappa shape index (κ3) is 2.63. The maximum atomic E-state index is 11.3. The van der Waals surface area contributed by atoms with Gasteiger partial charge in [0.25, 0.3) is 0 Å². The van der Waals surface area contributed by atoms with Crippen molar-refractivity contribution in [1.82, 2.24) is 0 Å². The van der Waals surface area contributed by atoms with E-state index in [0.717, 1.165) is 12.8 Å². The third-order valence-electron chi connectivity index (χ3n) is 2.98. The van der Waals surface area contributed by atoms with E-state index in [-0.39, 0.29) is 4.75 Å². The molecule has 0 atom stereocenters. The summed E-state index contributed by atoms with van der Waals surface area (Å²) >= 11 is 1.74. The zero-order valence-electron chi connectivity index (χ0n) is 8.82. The molecule has 0 spiro atoms. The lowest BCUT2D eigenvalue weighted by Crippen LogP contribution is -2.29. The highest BCUT2D eigenvalue weighted by Gasteiger charge is 2.32. The molecule has 1 aromatic carbocycles. The summed E-state index contributed by atoms with van der Waals surface area (Å²) in [5.74, 6) is 0. The fraction of sp³-hybridized carbons (Fsp3) is 0.462. The van der Waals surface area contributed by atoms with Crippen molar-refractivity contribution >= 4 is 18.0 Å². The fourth-order valence-electron chi connectivity index (χ4n) is 2.12. The number of carbonyl (C=O) groups is 1. The summed E-state index contributed by atoms with van der Waals surface area (Å²) < 4.78 is -0.139. The fourth-order valence-corrected chi connectivity index (χ4v) is 3.42. The van der Waals surface area contributed by atoms with Gasteiger partial charge in [0.1, 0.15) is 6.29 Å². The minimum absolute atomic E-state index is 0.139. The van der Waals surface area contributed by atoms with Gasteiger partial charge in [0.15, 0.2) is 0 Å². The standard InChI is InChI=1S/C13H16OS/c14-11-13(9-5-2-6-10-13)15-12-7-3-1-4-8-12/h1,3-4,7-8,11H,2,5-6,9-10H2. The van der Waals surface area contributed by atoms with Gasteiger partial charge in [-0.3, -0.25) is 0 Å². The van der Waals surface area contributed by atoms with Gasteiger partial charge in [-0.05, 0) is 25.0 Å². The van der Waals surface area contributed by atoms with Gasteiger partial charge in [-0.25, -0.2) is 0 Å². The van der Waals surface area contributed by atoms with Crippen LogP contribution in [0.25, 0.3) is 0 Å². The molecule has 1 fully saturated rings. The van der Waals surface area contributed by atoms with Crippen LogP contribution in [0.15, 0.2) is 35.2 Å². The average molecular weight is 220 g/mol. The molecule has 0 saturated heterocycles. The molecule has 15 heavy (non-hydrogen) atoms. The number of hydrogen-bond acceptors (Lipinski definition) is 2. The number of aldehydes is 1. The molecule has 1 aliphatic rings. The van der Waals surface area contributed by atoms with Crippen LogP contribution in [0.5, 0.6) is 0 Å². The van der Waals surface area contributed by atoms with E-state index in [0.29, 0.717) is 0 Å². The second-order valence-corrected chi connectivity index (χ2v) is 5.65. The average Bonchev–Trinajstić information content (AvgIpc) is 2.32. The van der Waals surface area contributed by atoms with Crippen LogP contribution in [-0.4, -0.2) is 11.0 Å². The van der Waals surface area contributed by atoms with Crippen LogP contribution in [0.4, 0.5) is 0 Å². The Bertz CT molecular complexity index is 315. The van der Waals surface area contributed by atoms with Crippen molar-refractivity contribution < 1.29 is 4.79 Å². The number of benzene rings is 1. The minimum atomic E-state index is -0.139. The number of rotatable bonds is 3. The van der Waals surface area contributed by atoms with E-state index in [1.165, 1.54) is 30.4 Å². The second kappa shape index (κ2) is 4.84. The molecular formula is C13H16OS. The minimum Gasteiger partial charge on any atom is -0.302 e. The lowest BCUT2D eigenvalue weighted by molar-refractivity contribution is -0.110. The molecule has 0 amide bonds. The molecule has 2 rings (SSSR count). The highest BCUT2D eigenvalue weighted by atomic mass is 32.2. The Labute approximate surface area is 95.3 Å². The van der Waals surface area contributed by atoms with E-state index >= 15 is 0 Å². The van der Waals surface area contributed by atoms with Crippen LogP contribution in [0.1, 0.15) is 32.1 Å². The Morgan fingerprint density at radius 3 is 2.33 bits per heavy atom. The van der Waals surface area contributed by atoms with Crippen molar-refractivity contribution in [3.05, 3.63) is 30.3 Å². The number of hydrogen-bond donors (Lipinski definition) is 0. The largest absolute Gasteiger partial charge is 0.302 e. The quantitative estimate of drug-likeness (QED) is 0.723. The first-order valence-corrected chi connectivity index (χ1v) is 6.37. The van der Waals surface area contributed by atoms with Gasteiger partial charge in [0, 0.05) is 4.90 Å². The van der Waals surface area contributed by atoms with Crippen molar-refractivity contribution in [2.75, 3.05) is 0 Å². The summed E-state index contributed by atoms with van der Waals surface area (Å²) in [4.78, 5) is 12.5. The Balaban J connectivity index is 2.10. The van der Waals surface area contributed by atoms with Gasteiger partial charge in [-0.15, -0.1) is 11.8 Å². The molecule has 0 heterocycles. The van der Waals surface area contributed by atoms with Gasteiger partial charge < -0.3 is 4.79 Å². The van der Waals surface area contributed by atoms with Crippen molar-refractivity contribution in [2.24, 2.45) is 0 Å². The first kappa shape index (κ1) is 10.7.